The highest BCUT2D eigenvalue weighted by molar-refractivity contribution is 7.98. The highest BCUT2D eigenvalue weighted by Crippen LogP contribution is 2.42. The average molecular weight is 458 g/mol. The van der Waals surface area contributed by atoms with Gasteiger partial charge in [-0.15, -0.1) is 0 Å². The lowest BCUT2D eigenvalue weighted by Gasteiger charge is -2.26. The van der Waals surface area contributed by atoms with Crippen molar-refractivity contribution in [1.29, 1.82) is 0 Å². The number of aromatic nitrogens is 2. The van der Waals surface area contributed by atoms with Crippen LogP contribution in [-0.4, -0.2) is 30.1 Å². The number of aromatic amines is 1. The summed E-state index contributed by atoms with van der Waals surface area (Å²) in [4.78, 5) is 32.8. The number of nitrogens with one attached hydrogen (secondary N) is 2. The fourth-order valence-corrected chi connectivity index (χ4v) is 4.55. The second kappa shape index (κ2) is 9.03. The highest BCUT2D eigenvalue weighted by Gasteiger charge is 2.33. The minimum absolute atomic E-state index is 0.110. The second-order valence-electron chi connectivity index (χ2n) is 6.94. The Morgan fingerprint density at radius 2 is 1.90 bits per heavy atom. The minimum Gasteiger partial charge on any atom is -0.493 e. The predicted molar refractivity (Wildman–Crippen MR) is 121 cm³/mol. The van der Waals surface area contributed by atoms with E-state index >= 15 is 0 Å². The van der Waals surface area contributed by atoms with Gasteiger partial charge in [0.15, 0.2) is 16.7 Å². The number of rotatable bonds is 6. The smallest absolute Gasteiger partial charge is 0.257 e. The molecule has 0 saturated carbocycles. The Morgan fingerprint density at radius 1 is 1.13 bits per heavy atom. The molecule has 2 N–H and O–H groups in total. The zero-order valence-electron chi connectivity index (χ0n) is 16.9. The van der Waals surface area contributed by atoms with Crippen LogP contribution in [0.2, 0.25) is 5.02 Å². The number of carbonyl (C=O) groups excluding carboxylic acids is 1. The first kappa shape index (κ1) is 21.3. The van der Waals surface area contributed by atoms with E-state index in [2.05, 4.69) is 15.3 Å². The van der Waals surface area contributed by atoms with Gasteiger partial charge in [-0.3, -0.25) is 9.59 Å². The normalized spacial score (nSPS) is 15.2. The second-order valence-corrected chi connectivity index (χ2v) is 8.34. The summed E-state index contributed by atoms with van der Waals surface area (Å²) in [7, 11) is 3.08. The first-order chi connectivity index (χ1) is 15.0. The summed E-state index contributed by atoms with van der Waals surface area (Å²) in [5.41, 5.74) is 1.85. The first-order valence-corrected chi connectivity index (χ1v) is 10.9. The number of anilines is 1. The monoisotopic (exact) mass is 457 g/mol. The van der Waals surface area contributed by atoms with E-state index in [1.807, 2.05) is 30.3 Å². The lowest BCUT2D eigenvalue weighted by molar-refractivity contribution is -0.116. The van der Waals surface area contributed by atoms with Gasteiger partial charge in [-0.1, -0.05) is 47.6 Å². The van der Waals surface area contributed by atoms with Crippen LogP contribution < -0.4 is 20.3 Å². The number of benzene rings is 2. The highest BCUT2D eigenvalue weighted by atomic mass is 35.5. The van der Waals surface area contributed by atoms with Crippen LogP contribution in [0.15, 0.2) is 52.4 Å². The van der Waals surface area contributed by atoms with Gasteiger partial charge in [0.05, 0.1) is 19.8 Å². The molecule has 3 aromatic rings. The van der Waals surface area contributed by atoms with E-state index in [-0.39, 0.29) is 23.7 Å². The summed E-state index contributed by atoms with van der Waals surface area (Å²) in [6, 6.07) is 12.9. The number of H-pyrrole nitrogens is 1. The molecule has 0 spiro atoms. The fraction of sp³-hybridized carbons (Fsp3) is 0.227. The molecule has 1 aliphatic heterocycles. The first-order valence-electron chi connectivity index (χ1n) is 9.52. The number of halogens is 1. The average Bonchev–Trinajstić information content (AvgIpc) is 2.77. The lowest BCUT2D eigenvalue weighted by Crippen LogP contribution is -2.31. The van der Waals surface area contributed by atoms with E-state index in [0.717, 1.165) is 5.56 Å². The molecule has 31 heavy (non-hydrogen) atoms. The van der Waals surface area contributed by atoms with Crippen molar-refractivity contribution >= 4 is 35.1 Å². The third kappa shape index (κ3) is 4.40. The van der Waals surface area contributed by atoms with Gasteiger partial charge in [-0.25, -0.2) is 4.98 Å². The van der Waals surface area contributed by atoms with Crippen LogP contribution in [-0.2, 0) is 10.5 Å². The maximum Gasteiger partial charge on any atom is 0.257 e. The third-order valence-corrected chi connectivity index (χ3v) is 6.22. The van der Waals surface area contributed by atoms with Crippen LogP contribution in [0.4, 0.5) is 5.82 Å². The zero-order chi connectivity index (χ0) is 22.0. The number of carbonyl (C=O) groups is 1. The van der Waals surface area contributed by atoms with Gasteiger partial charge in [-0.05, 0) is 23.8 Å². The SMILES string of the molecule is COc1cccc([C@@H]2CC(=O)Nc3nc(SCc4ccc(Cl)cc4)[nH]c(=O)c32)c1OC. The summed E-state index contributed by atoms with van der Waals surface area (Å²) in [5, 5.41) is 3.83. The van der Waals surface area contributed by atoms with Crippen molar-refractivity contribution in [3.63, 3.8) is 0 Å². The van der Waals surface area contributed by atoms with Gasteiger partial charge >= 0.3 is 0 Å². The molecule has 1 atom stereocenters. The number of thioether (sulfide) groups is 1. The predicted octanol–water partition coefficient (Wildman–Crippen LogP) is 4.21. The lowest BCUT2D eigenvalue weighted by atomic mass is 9.86. The van der Waals surface area contributed by atoms with Crippen molar-refractivity contribution in [2.45, 2.75) is 23.2 Å². The summed E-state index contributed by atoms with van der Waals surface area (Å²) >= 11 is 7.30. The van der Waals surface area contributed by atoms with Crippen LogP contribution in [0.5, 0.6) is 11.5 Å². The van der Waals surface area contributed by atoms with Crippen LogP contribution in [0, 0.1) is 0 Å². The molecular formula is C22H20ClN3O4S. The maximum atomic E-state index is 13.0. The van der Waals surface area contributed by atoms with Crippen molar-refractivity contribution in [2.24, 2.45) is 0 Å². The van der Waals surface area contributed by atoms with Crippen molar-refractivity contribution < 1.29 is 14.3 Å². The summed E-state index contributed by atoms with van der Waals surface area (Å²) < 4.78 is 10.9. The number of amides is 1. The summed E-state index contributed by atoms with van der Waals surface area (Å²) in [6.45, 7) is 0. The fourth-order valence-electron chi connectivity index (χ4n) is 3.60. The van der Waals surface area contributed by atoms with E-state index in [4.69, 9.17) is 21.1 Å². The molecule has 160 valence electrons. The Kier molecular flexibility index (Phi) is 6.20. The van der Waals surface area contributed by atoms with Gasteiger partial charge in [0, 0.05) is 28.7 Å². The molecule has 7 nitrogen and oxygen atoms in total. The minimum atomic E-state index is -0.500. The topological polar surface area (TPSA) is 93.3 Å². The molecule has 1 aliphatic rings. The van der Waals surface area contributed by atoms with E-state index in [1.165, 1.54) is 18.9 Å². The van der Waals surface area contributed by atoms with Gasteiger partial charge < -0.3 is 19.8 Å². The number of para-hydroxylation sites is 1. The van der Waals surface area contributed by atoms with Crippen molar-refractivity contribution in [1.82, 2.24) is 9.97 Å². The number of hydrogen-bond donors (Lipinski definition) is 2. The van der Waals surface area contributed by atoms with Crippen LogP contribution in [0.3, 0.4) is 0 Å². The quantitative estimate of drug-likeness (QED) is 0.425. The number of ether oxygens (including phenoxy) is 2. The Bertz CT molecular complexity index is 1180. The summed E-state index contributed by atoms with van der Waals surface area (Å²) in [5.74, 6) is 1.19. The van der Waals surface area contributed by atoms with Crippen LogP contribution in [0.1, 0.15) is 29.0 Å². The van der Waals surface area contributed by atoms with E-state index < -0.39 is 5.92 Å². The third-order valence-electron chi connectivity index (χ3n) is 5.03. The van der Waals surface area contributed by atoms with Gasteiger partial charge in [0.25, 0.3) is 5.56 Å². The molecule has 0 fully saturated rings. The summed E-state index contributed by atoms with van der Waals surface area (Å²) in [6.07, 6.45) is 0.110. The van der Waals surface area contributed by atoms with Crippen molar-refractivity contribution in [2.75, 3.05) is 19.5 Å². The van der Waals surface area contributed by atoms with Crippen molar-refractivity contribution in [3.8, 4) is 11.5 Å². The van der Waals surface area contributed by atoms with E-state index in [9.17, 15) is 9.59 Å². The van der Waals surface area contributed by atoms with Crippen molar-refractivity contribution in [3.05, 3.63) is 74.5 Å². The van der Waals surface area contributed by atoms with Gasteiger partial charge in [-0.2, -0.15) is 0 Å². The molecule has 1 aromatic heterocycles. The zero-order valence-corrected chi connectivity index (χ0v) is 18.5. The Hall–Kier alpha value is -2.97. The Morgan fingerprint density at radius 3 is 2.61 bits per heavy atom. The molecule has 4 rings (SSSR count). The number of nitrogens with zero attached hydrogens (tertiary/aromatic N) is 1. The molecule has 0 aliphatic carbocycles. The van der Waals surface area contributed by atoms with E-state index in [1.54, 1.807) is 19.2 Å². The Labute approximate surface area is 188 Å². The molecule has 1 amide bonds. The number of fused-ring (bicyclic) bond motifs is 1. The number of methoxy groups -OCH3 is 2. The van der Waals surface area contributed by atoms with Gasteiger partial charge in [0.2, 0.25) is 5.91 Å². The largest absolute Gasteiger partial charge is 0.493 e. The molecule has 2 aromatic carbocycles. The maximum absolute atomic E-state index is 13.0. The standard InChI is InChI=1S/C22H20ClN3O4S/c1-29-16-5-3-4-14(19(16)30-2)15-10-17(27)24-20-18(15)21(28)26-22(25-20)31-11-12-6-8-13(23)9-7-12/h3-9,15H,10-11H2,1-2H3,(H2,24,25,26,27,28)/t15-/m0/s1. The Balaban J connectivity index is 1.69. The van der Waals surface area contributed by atoms with Crippen LogP contribution in [0.25, 0.3) is 0 Å². The molecular weight excluding hydrogens is 438 g/mol. The molecule has 0 saturated heterocycles. The molecule has 0 radical (unpaired) electrons. The molecule has 0 bridgehead atoms. The molecule has 9 heteroatoms. The van der Waals surface area contributed by atoms with Crippen LogP contribution >= 0.6 is 23.4 Å². The van der Waals surface area contributed by atoms with Gasteiger partial charge in [0.1, 0.15) is 5.82 Å². The molecule has 0 unspecified atom stereocenters. The molecule has 2 heterocycles. The number of hydrogen-bond acceptors (Lipinski definition) is 6. The van der Waals surface area contributed by atoms with E-state index in [0.29, 0.717) is 38.6 Å².